The zero-order valence-corrected chi connectivity index (χ0v) is 15.1. The summed E-state index contributed by atoms with van der Waals surface area (Å²) >= 11 is 0. The molecule has 2 fully saturated rings. The van der Waals surface area contributed by atoms with Crippen molar-refractivity contribution >= 4 is 5.96 Å². The van der Waals surface area contributed by atoms with Gasteiger partial charge in [0.25, 0.3) is 0 Å². The van der Waals surface area contributed by atoms with E-state index >= 15 is 0 Å². The normalized spacial score (nSPS) is 23.7. The van der Waals surface area contributed by atoms with Gasteiger partial charge < -0.3 is 19.7 Å². The third-order valence-corrected chi connectivity index (χ3v) is 4.68. The number of benzene rings is 1. The lowest BCUT2D eigenvalue weighted by Crippen LogP contribution is -2.53. The van der Waals surface area contributed by atoms with E-state index in [-0.39, 0.29) is 24.6 Å². The molecular formula is C19H25FN4O2. The van der Waals surface area contributed by atoms with E-state index in [1.165, 1.54) is 12.1 Å². The summed E-state index contributed by atoms with van der Waals surface area (Å²) in [5, 5.41) is 12.3. The van der Waals surface area contributed by atoms with Crippen LogP contribution in [0, 0.1) is 17.1 Å². The van der Waals surface area contributed by atoms with Gasteiger partial charge in [-0.2, -0.15) is 5.26 Å². The Morgan fingerprint density at radius 1 is 1.38 bits per heavy atom. The molecule has 1 aromatic carbocycles. The van der Waals surface area contributed by atoms with Gasteiger partial charge in [-0.15, -0.1) is 0 Å². The van der Waals surface area contributed by atoms with Gasteiger partial charge in [0, 0.05) is 31.8 Å². The van der Waals surface area contributed by atoms with Crippen LogP contribution in [0.25, 0.3) is 0 Å². The molecule has 0 bridgehead atoms. The van der Waals surface area contributed by atoms with Crippen molar-refractivity contribution in [2.75, 3.05) is 32.8 Å². The highest BCUT2D eigenvalue weighted by Crippen LogP contribution is 2.21. The number of nitrogens with zero attached hydrogens (tertiary/aromatic N) is 3. The molecule has 3 rings (SSSR count). The van der Waals surface area contributed by atoms with Crippen LogP contribution < -0.4 is 5.32 Å². The van der Waals surface area contributed by atoms with E-state index < -0.39 is 0 Å². The van der Waals surface area contributed by atoms with Crippen LogP contribution >= 0.6 is 0 Å². The van der Waals surface area contributed by atoms with E-state index in [1.807, 2.05) is 13.0 Å². The number of rotatable bonds is 4. The van der Waals surface area contributed by atoms with Crippen molar-refractivity contribution in [1.82, 2.24) is 10.2 Å². The van der Waals surface area contributed by atoms with Crippen molar-refractivity contribution in [2.24, 2.45) is 4.99 Å². The van der Waals surface area contributed by atoms with Crippen LogP contribution in [0.1, 0.15) is 30.9 Å². The summed E-state index contributed by atoms with van der Waals surface area (Å²) in [6, 6.07) is 6.38. The third-order valence-electron chi connectivity index (χ3n) is 4.68. The van der Waals surface area contributed by atoms with Crippen molar-refractivity contribution in [2.45, 2.75) is 38.5 Å². The smallest absolute Gasteiger partial charge is 0.194 e. The largest absolute Gasteiger partial charge is 0.375 e. The monoisotopic (exact) mass is 360 g/mol. The summed E-state index contributed by atoms with van der Waals surface area (Å²) < 4.78 is 25.6. The summed E-state index contributed by atoms with van der Waals surface area (Å²) in [5.41, 5.74) is 0.856. The van der Waals surface area contributed by atoms with Gasteiger partial charge in [0.15, 0.2) is 5.96 Å². The molecule has 2 unspecified atom stereocenters. The number of nitrogens with one attached hydrogen (secondary N) is 1. The minimum Gasteiger partial charge on any atom is -0.375 e. The quantitative estimate of drug-likeness (QED) is 0.657. The topological polar surface area (TPSA) is 69.9 Å². The van der Waals surface area contributed by atoms with Gasteiger partial charge in [-0.1, -0.05) is 0 Å². The van der Waals surface area contributed by atoms with Gasteiger partial charge in [-0.25, -0.2) is 9.38 Å². The van der Waals surface area contributed by atoms with Crippen molar-refractivity contribution in [3.63, 3.8) is 0 Å². The van der Waals surface area contributed by atoms with E-state index in [2.05, 4.69) is 15.2 Å². The molecule has 2 aliphatic heterocycles. The Balaban J connectivity index is 1.71. The van der Waals surface area contributed by atoms with Crippen molar-refractivity contribution in [1.29, 1.82) is 5.26 Å². The predicted molar refractivity (Wildman–Crippen MR) is 96.2 cm³/mol. The maximum atomic E-state index is 14.0. The minimum atomic E-state index is -0.345. The maximum Gasteiger partial charge on any atom is 0.194 e. The molecule has 2 heterocycles. The first kappa shape index (κ1) is 18.6. The predicted octanol–water partition coefficient (Wildman–Crippen LogP) is 2.04. The lowest BCUT2D eigenvalue weighted by molar-refractivity contribution is -0.0817. The number of guanidine groups is 1. The van der Waals surface area contributed by atoms with Crippen molar-refractivity contribution < 1.29 is 13.9 Å². The van der Waals surface area contributed by atoms with Crippen LogP contribution in [0.4, 0.5) is 4.39 Å². The van der Waals surface area contributed by atoms with Crippen LogP contribution in [0.15, 0.2) is 23.2 Å². The summed E-state index contributed by atoms with van der Waals surface area (Å²) in [7, 11) is 0. The molecule has 7 heteroatoms. The average Bonchev–Trinajstić information content (AvgIpc) is 3.21. The molecule has 26 heavy (non-hydrogen) atoms. The van der Waals surface area contributed by atoms with Crippen LogP contribution in [-0.2, 0) is 16.0 Å². The second-order valence-corrected chi connectivity index (χ2v) is 6.49. The van der Waals surface area contributed by atoms with Gasteiger partial charge >= 0.3 is 0 Å². The number of aliphatic imine (C=N–C) groups is 1. The fourth-order valence-corrected chi connectivity index (χ4v) is 3.34. The second-order valence-electron chi connectivity index (χ2n) is 6.49. The van der Waals surface area contributed by atoms with E-state index in [0.717, 1.165) is 38.5 Å². The molecule has 0 saturated carbocycles. The van der Waals surface area contributed by atoms with Crippen molar-refractivity contribution in [3.05, 3.63) is 35.1 Å². The number of hydrogen-bond acceptors (Lipinski definition) is 4. The zero-order chi connectivity index (χ0) is 18.4. The number of nitriles is 1. The second kappa shape index (κ2) is 8.97. The Labute approximate surface area is 153 Å². The third kappa shape index (κ3) is 4.51. The van der Waals surface area contributed by atoms with Crippen molar-refractivity contribution in [3.8, 4) is 6.07 Å². The van der Waals surface area contributed by atoms with E-state index in [0.29, 0.717) is 24.3 Å². The standard InChI is InChI=1S/C19H25FN4O2/c1-2-22-19(23-12-15-10-14(11-21)5-6-16(15)20)24-7-9-26-18(13-24)17-4-3-8-25-17/h5-6,10,17-18H,2-4,7-9,12-13H2,1H3,(H,22,23). The molecule has 0 aliphatic carbocycles. The minimum absolute atomic E-state index is 0.0359. The molecule has 2 atom stereocenters. The van der Waals surface area contributed by atoms with Gasteiger partial charge in [0.2, 0.25) is 0 Å². The first-order valence-corrected chi connectivity index (χ1v) is 9.16. The van der Waals surface area contributed by atoms with E-state index in [1.54, 1.807) is 6.07 Å². The molecule has 0 radical (unpaired) electrons. The molecule has 0 aromatic heterocycles. The summed E-state index contributed by atoms with van der Waals surface area (Å²) in [4.78, 5) is 6.73. The molecular weight excluding hydrogens is 335 g/mol. The Hall–Kier alpha value is -2.17. The van der Waals surface area contributed by atoms with Crippen LogP contribution in [0.2, 0.25) is 0 Å². The summed E-state index contributed by atoms with van der Waals surface area (Å²) in [6.45, 7) is 5.77. The number of hydrogen-bond donors (Lipinski definition) is 1. The fraction of sp³-hybridized carbons (Fsp3) is 0.579. The Morgan fingerprint density at radius 2 is 2.23 bits per heavy atom. The number of halogens is 1. The van der Waals surface area contributed by atoms with E-state index in [4.69, 9.17) is 14.7 Å². The Bertz CT molecular complexity index is 683. The lowest BCUT2D eigenvalue weighted by atomic mass is 10.1. The molecule has 1 N–H and O–H groups in total. The number of ether oxygens (including phenoxy) is 2. The SMILES string of the molecule is CCNC(=NCc1cc(C#N)ccc1F)N1CCOC(C2CCCO2)C1. The summed E-state index contributed by atoms with van der Waals surface area (Å²) in [6.07, 6.45) is 2.28. The molecule has 1 aromatic rings. The zero-order valence-electron chi connectivity index (χ0n) is 15.1. The molecule has 140 valence electrons. The molecule has 2 saturated heterocycles. The highest BCUT2D eigenvalue weighted by Gasteiger charge is 2.32. The number of morpholine rings is 1. The Kier molecular flexibility index (Phi) is 6.42. The molecule has 0 amide bonds. The molecule has 2 aliphatic rings. The van der Waals surface area contributed by atoms with Crippen LogP contribution in [0.3, 0.4) is 0 Å². The van der Waals surface area contributed by atoms with Crippen LogP contribution in [-0.4, -0.2) is 55.9 Å². The first-order chi connectivity index (χ1) is 12.7. The first-order valence-electron chi connectivity index (χ1n) is 9.16. The average molecular weight is 360 g/mol. The van der Waals surface area contributed by atoms with Crippen LogP contribution in [0.5, 0.6) is 0 Å². The maximum absolute atomic E-state index is 14.0. The highest BCUT2D eigenvalue weighted by atomic mass is 19.1. The van der Waals surface area contributed by atoms with Gasteiger partial charge in [0.05, 0.1) is 30.9 Å². The fourth-order valence-electron chi connectivity index (χ4n) is 3.34. The van der Waals surface area contributed by atoms with Gasteiger partial charge in [-0.05, 0) is 38.0 Å². The summed E-state index contributed by atoms with van der Waals surface area (Å²) in [5.74, 6) is 0.392. The molecule has 6 nitrogen and oxygen atoms in total. The van der Waals surface area contributed by atoms with E-state index in [9.17, 15) is 4.39 Å². The van der Waals surface area contributed by atoms with Gasteiger partial charge in [-0.3, -0.25) is 0 Å². The Morgan fingerprint density at radius 3 is 2.96 bits per heavy atom. The van der Waals surface area contributed by atoms with Gasteiger partial charge in [0.1, 0.15) is 11.9 Å². The lowest BCUT2D eigenvalue weighted by Gasteiger charge is -2.37. The molecule has 0 spiro atoms. The highest BCUT2D eigenvalue weighted by molar-refractivity contribution is 5.80.